The van der Waals surface area contributed by atoms with E-state index in [9.17, 15) is 10.1 Å². The lowest BCUT2D eigenvalue weighted by atomic mass is 10.2. The fourth-order valence-electron chi connectivity index (χ4n) is 2.28. The molecule has 0 radical (unpaired) electrons. The van der Waals surface area contributed by atoms with Gasteiger partial charge in [-0.05, 0) is 31.5 Å². The SMILES string of the molecule is CCN(CCNc1ccc([N+](=O)[O-])c(C#N)c1)C1CC1. The lowest BCUT2D eigenvalue weighted by Gasteiger charge is -2.20. The number of rotatable bonds is 7. The first-order valence-electron chi connectivity index (χ1n) is 6.82. The fraction of sp³-hybridized carbons (Fsp3) is 0.500. The van der Waals surface area contributed by atoms with Crippen LogP contribution in [-0.2, 0) is 0 Å². The van der Waals surface area contributed by atoms with Gasteiger partial charge in [0.25, 0.3) is 5.69 Å². The minimum Gasteiger partial charge on any atom is -0.384 e. The number of anilines is 1. The molecule has 0 aromatic heterocycles. The zero-order valence-corrected chi connectivity index (χ0v) is 11.5. The van der Waals surface area contributed by atoms with Crippen LogP contribution in [0.15, 0.2) is 18.2 Å². The Balaban J connectivity index is 1.93. The molecule has 1 aromatic rings. The Morgan fingerprint density at radius 3 is 2.85 bits per heavy atom. The van der Waals surface area contributed by atoms with Crippen molar-refractivity contribution in [3.8, 4) is 6.07 Å². The minimum absolute atomic E-state index is 0.0922. The molecule has 1 aliphatic rings. The largest absolute Gasteiger partial charge is 0.384 e. The van der Waals surface area contributed by atoms with Gasteiger partial charge in [0.15, 0.2) is 0 Å². The van der Waals surface area contributed by atoms with E-state index in [1.807, 2.05) is 6.07 Å². The van der Waals surface area contributed by atoms with Crippen LogP contribution in [0.5, 0.6) is 0 Å². The molecule has 1 N–H and O–H groups in total. The van der Waals surface area contributed by atoms with Crippen LogP contribution in [0, 0.1) is 21.4 Å². The van der Waals surface area contributed by atoms with Gasteiger partial charge in [0, 0.05) is 30.9 Å². The number of nitro groups is 1. The Morgan fingerprint density at radius 1 is 1.55 bits per heavy atom. The van der Waals surface area contributed by atoms with E-state index in [1.165, 1.54) is 25.0 Å². The standard InChI is InChI=1S/C14H18N4O2/c1-2-17(13-4-5-13)8-7-16-12-3-6-14(18(19)20)11(9-12)10-15/h3,6,9,13,16H,2,4-5,7-8H2,1H3. The highest BCUT2D eigenvalue weighted by molar-refractivity contribution is 5.58. The minimum atomic E-state index is -0.533. The van der Waals surface area contributed by atoms with Gasteiger partial charge in [-0.2, -0.15) is 5.26 Å². The molecule has 1 fully saturated rings. The maximum Gasteiger partial charge on any atom is 0.287 e. The summed E-state index contributed by atoms with van der Waals surface area (Å²) < 4.78 is 0. The second-order valence-corrected chi connectivity index (χ2v) is 4.89. The molecule has 0 bridgehead atoms. The van der Waals surface area contributed by atoms with Crippen molar-refractivity contribution in [2.75, 3.05) is 25.0 Å². The molecule has 6 nitrogen and oxygen atoms in total. The lowest BCUT2D eigenvalue weighted by Crippen LogP contribution is -2.30. The molecule has 1 aromatic carbocycles. The van der Waals surface area contributed by atoms with Gasteiger partial charge >= 0.3 is 0 Å². The van der Waals surface area contributed by atoms with E-state index in [2.05, 4.69) is 17.1 Å². The number of hydrogen-bond donors (Lipinski definition) is 1. The molecule has 1 aliphatic carbocycles. The van der Waals surface area contributed by atoms with Crippen molar-refractivity contribution in [3.05, 3.63) is 33.9 Å². The van der Waals surface area contributed by atoms with Gasteiger partial charge in [-0.25, -0.2) is 0 Å². The summed E-state index contributed by atoms with van der Waals surface area (Å²) in [7, 11) is 0. The zero-order chi connectivity index (χ0) is 14.5. The molecule has 2 rings (SSSR count). The number of hydrogen-bond acceptors (Lipinski definition) is 5. The highest BCUT2D eigenvalue weighted by Crippen LogP contribution is 2.26. The molecule has 0 spiro atoms. The summed E-state index contributed by atoms with van der Waals surface area (Å²) in [5, 5.41) is 22.9. The predicted molar refractivity (Wildman–Crippen MR) is 76.6 cm³/mol. The number of benzene rings is 1. The summed E-state index contributed by atoms with van der Waals surface area (Å²) in [6.45, 7) is 4.90. The molecular formula is C14H18N4O2. The average molecular weight is 274 g/mol. The quantitative estimate of drug-likeness (QED) is 0.609. The molecule has 1 saturated carbocycles. The lowest BCUT2D eigenvalue weighted by molar-refractivity contribution is -0.385. The average Bonchev–Trinajstić information content (AvgIpc) is 3.27. The normalized spacial score (nSPS) is 14.1. The van der Waals surface area contributed by atoms with Gasteiger partial charge in [0.1, 0.15) is 11.6 Å². The van der Waals surface area contributed by atoms with Gasteiger partial charge in [0.05, 0.1) is 4.92 Å². The van der Waals surface area contributed by atoms with E-state index in [0.717, 1.165) is 31.4 Å². The number of nitro benzene ring substituents is 1. The van der Waals surface area contributed by atoms with Gasteiger partial charge in [-0.1, -0.05) is 6.92 Å². The number of nitriles is 1. The molecule has 0 atom stereocenters. The van der Waals surface area contributed by atoms with E-state index < -0.39 is 4.92 Å². The maximum atomic E-state index is 10.7. The van der Waals surface area contributed by atoms with Crippen LogP contribution in [0.4, 0.5) is 11.4 Å². The number of nitrogens with one attached hydrogen (secondary N) is 1. The topological polar surface area (TPSA) is 82.2 Å². The third kappa shape index (κ3) is 3.45. The first-order chi connectivity index (χ1) is 9.65. The molecule has 20 heavy (non-hydrogen) atoms. The first kappa shape index (κ1) is 14.3. The zero-order valence-electron chi connectivity index (χ0n) is 11.5. The van der Waals surface area contributed by atoms with Crippen LogP contribution in [-0.4, -0.2) is 35.5 Å². The van der Waals surface area contributed by atoms with E-state index >= 15 is 0 Å². The van der Waals surface area contributed by atoms with Crippen molar-refractivity contribution in [3.63, 3.8) is 0 Å². The van der Waals surface area contributed by atoms with Crippen molar-refractivity contribution in [2.24, 2.45) is 0 Å². The van der Waals surface area contributed by atoms with Crippen LogP contribution in [0.25, 0.3) is 0 Å². The third-order valence-corrected chi connectivity index (χ3v) is 3.51. The third-order valence-electron chi connectivity index (χ3n) is 3.51. The smallest absolute Gasteiger partial charge is 0.287 e. The maximum absolute atomic E-state index is 10.7. The van der Waals surface area contributed by atoms with Crippen molar-refractivity contribution >= 4 is 11.4 Å². The summed E-state index contributed by atoms with van der Waals surface area (Å²) >= 11 is 0. The van der Waals surface area contributed by atoms with Gasteiger partial charge in [-0.15, -0.1) is 0 Å². The van der Waals surface area contributed by atoms with E-state index in [-0.39, 0.29) is 11.3 Å². The Labute approximate surface area is 118 Å². The molecule has 0 unspecified atom stereocenters. The summed E-state index contributed by atoms with van der Waals surface area (Å²) in [5.74, 6) is 0. The van der Waals surface area contributed by atoms with E-state index in [4.69, 9.17) is 5.26 Å². The van der Waals surface area contributed by atoms with Crippen molar-refractivity contribution < 1.29 is 4.92 Å². The predicted octanol–water partition coefficient (Wildman–Crippen LogP) is 2.36. The van der Waals surface area contributed by atoms with Crippen LogP contribution in [0.1, 0.15) is 25.3 Å². The fourth-order valence-corrected chi connectivity index (χ4v) is 2.28. The molecule has 0 amide bonds. The number of nitrogens with zero attached hydrogens (tertiary/aromatic N) is 3. The molecule has 0 heterocycles. The van der Waals surface area contributed by atoms with Gasteiger partial charge in [0.2, 0.25) is 0 Å². The highest BCUT2D eigenvalue weighted by Gasteiger charge is 2.27. The monoisotopic (exact) mass is 274 g/mol. The molecular weight excluding hydrogens is 256 g/mol. The summed E-state index contributed by atoms with van der Waals surface area (Å²) in [6, 6.07) is 7.15. The van der Waals surface area contributed by atoms with Crippen LogP contribution >= 0.6 is 0 Å². The molecule has 0 saturated heterocycles. The molecule has 0 aliphatic heterocycles. The second-order valence-electron chi connectivity index (χ2n) is 4.89. The summed E-state index contributed by atoms with van der Waals surface area (Å²) in [4.78, 5) is 12.6. The molecule has 106 valence electrons. The van der Waals surface area contributed by atoms with Crippen molar-refractivity contribution in [2.45, 2.75) is 25.8 Å². The first-order valence-corrected chi connectivity index (χ1v) is 6.82. The Bertz CT molecular complexity index is 534. The van der Waals surface area contributed by atoms with Crippen molar-refractivity contribution in [1.29, 1.82) is 5.26 Å². The summed E-state index contributed by atoms with van der Waals surface area (Å²) in [6.07, 6.45) is 2.56. The van der Waals surface area contributed by atoms with Crippen LogP contribution in [0.2, 0.25) is 0 Å². The Kier molecular flexibility index (Phi) is 4.53. The molecule has 6 heteroatoms. The van der Waals surface area contributed by atoms with Crippen LogP contribution < -0.4 is 5.32 Å². The van der Waals surface area contributed by atoms with Gasteiger partial charge < -0.3 is 5.32 Å². The summed E-state index contributed by atoms with van der Waals surface area (Å²) in [5.41, 5.74) is 0.694. The number of likely N-dealkylation sites (N-methyl/N-ethyl adjacent to an activating group) is 1. The highest BCUT2D eigenvalue weighted by atomic mass is 16.6. The Morgan fingerprint density at radius 2 is 2.30 bits per heavy atom. The van der Waals surface area contributed by atoms with Crippen molar-refractivity contribution in [1.82, 2.24) is 4.90 Å². The van der Waals surface area contributed by atoms with Crippen LogP contribution in [0.3, 0.4) is 0 Å². The van der Waals surface area contributed by atoms with E-state index in [0.29, 0.717) is 0 Å². The second kappa shape index (κ2) is 6.35. The van der Waals surface area contributed by atoms with Gasteiger partial charge in [-0.3, -0.25) is 15.0 Å². The van der Waals surface area contributed by atoms with E-state index in [1.54, 1.807) is 6.07 Å². The Hall–Kier alpha value is -2.13.